The summed E-state index contributed by atoms with van der Waals surface area (Å²) in [7, 11) is -3.90. The maximum Gasteiger partial charge on any atom is 0.319 e. The molecule has 4 N–H and O–H groups in total. The number of halogens is 2. The minimum absolute atomic E-state index is 0.0159. The largest absolute Gasteiger partial charge is 0.338 e. The van der Waals surface area contributed by atoms with Gasteiger partial charge in [-0.15, -0.1) is 0 Å². The number of nitrogens with one attached hydrogen (secondary N) is 2. The first-order chi connectivity index (χ1) is 8.25. The minimum Gasteiger partial charge on any atom is -0.338 e. The Morgan fingerprint density at radius 3 is 2.22 bits per heavy atom. The van der Waals surface area contributed by atoms with Gasteiger partial charge in [0, 0.05) is 6.54 Å². The Labute approximate surface area is 114 Å². The SMILES string of the molecule is CCNC(=O)Nc1c(Cl)cc(S(N)(=O)=O)cc1Cl. The molecular weight excluding hydrogens is 301 g/mol. The summed E-state index contributed by atoms with van der Waals surface area (Å²) < 4.78 is 22.3. The van der Waals surface area contributed by atoms with Crippen molar-refractivity contribution in [3.8, 4) is 0 Å². The molecule has 0 unspecified atom stereocenters. The van der Waals surface area contributed by atoms with Crippen LogP contribution in [0.25, 0.3) is 0 Å². The quantitative estimate of drug-likeness (QED) is 0.793. The second-order valence-electron chi connectivity index (χ2n) is 3.29. The highest BCUT2D eigenvalue weighted by molar-refractivity contribution is 7.89. The number of primary sulfonamides is 1. The smallest absolute Gasteiger partial charge is 0.319 e. The summed E-state index contributed by atoms with van der Waals surface area (Å²) in [6.07, 6.45) is 0. The Morgan fingerprint density at radius 1 is 1.33 bits per heavy atom. The van der Waals surface area contributed by atoms with Crippen LogP contribution < -0.4 is 15.8 Å². The first-order valence-corrected chi connectivity index (χ1v) is 7.12. The number of hydrogen-bond donors (Lipinski definition) is 3. The Balaban J connectivity index is 3.13. The minimum atomic E-state index is -3.90. The highest BCUT2D eigenvalue weighted by Gasteiger charge is 2.16. The van der Waals surface area contributed by atoms with Gasteiger partial charge in [-0.1, -0.05) is 23.2 Å². The number of hydrogen-bond acceptors (Lipinski definition) is 3. The zero-order valence-corrected chi connectivity index (χ0v) is 11.7. The number of amides is 2. The maximum atomic E-state index is 11.3. The van der Waals surface area contributed by atoms with Crippen LogP contribution in [0, 0.1) is 0 Å². The van der Waals surface area contributed by atoms with E-state index in [9.17, 15) is 13.2 Å². The topological polar surface area (TPSA) is 101 Å². The molecule has 0 atom stereocenters. The number of nitrogens with two attached hydrogens (primary N) is 1. The van der Waals surface area contributed by atoms with Crippen molar-refractivity contribution in [3.63, 3.8) is 0 Å². The van der Waals surface area contributed by atoms with Gasteiger partial charge < -0.3 is 10.6 Å². The van der Waals surface area contributed by atoms with E-state index < -0.39 is 16.1 Å². The molecule has 0 spiro atoms. The summed E-state index contributed by atoms with van der Waals surface area (Å²) in [5.41, 5.74) is 0.122. The van der Waals surface area contributed by atoms with E-state index in [0.717, 1.165) is 12.1 Å². The third-order valence-electron chi connectivity index (χ3n) is 1.92. The number of benzene rings is 1. The molecule has 0 bridgehead atoms. The third kappa shape index (κ3) is 3.74. The Hall–Kier alpha value is -1.02. The fourth-order valence-corrected chi connectivity index (χ4v) is 2.43. The van der Waals surface area contributed by atoms with Gasteiger partial charge in [0.15, 0.2) is 0 Å². The first-order valence-electron chi connectivity index (χ1n) is 4.82. The number of urea groups is 1. The molecule has 9 heteroatoms. The molecule has 0 fully saturated rings. The highest BCUT2D eigenvalue weighted by Crippen LogP contribution is 2.32. The molecule has 2 amide bonds. The predicted octanol–water partition coefficient (Wildman–Crippen LogP) is 1.78. The van der Waals surface area contributed by atoms with E-state index in [2.05, 4.69) is 10.6 Å². The Bertz CT molecular complexity index is 551. The molecule has 0 heterocycles. The third-order valence-corrected chi connectivity index (χ3v) is 3.41. The van der Waals surface area contributed by atoms with Crippen LogP contribution in [0.3, 0.4) is 0 Å². The van der Waals surface area contributed by atoms with Crippen LogP contribution in [0.15, 0.2) is 17.0 Å². The second kappa shape index (κ2) is 5.75. The highest BCUT2D eigenvalue weighted by atomic mass is 35.5. The standard InChI is InChI=1S/C9H11Cl2N3O3S/c1-2-13-9(15)14-8-6(10)3-5(4-7(8)11)18(12,16)17/h3-4H,2H2,1H3,(H2,12,16,17)(H2,13,14,15). The number of rotatable bonds is 3. The molecule has 0 aliphatic carbocycles. The molecule has 0 saturated carbocycles. The number of anilines is 1. The van der Waals surface area contributed by atoms with E-state index in [0.29, 0.717) is 6.54 Å². The van der Waals surface area contributed by atoms with Crippen molar-refractivity contribution in [2.24, 2.45) is 5.14 Å². The molecule has 18 heavy (non-hydrogen) atoms. The van der Waals surface area contributed by atoms with E-state index in [-0.39, 0.29) is 20.6 Å². The number of sulfonamides is 1. The van der Waals surface area contributed by atoms with Crippen molar-refractivity contribution >= 4 is 44.9 Å². The normalized spacial score (nSPS) is 11.1. The summed E-state index contributed by atoms with van der Waals surface area (Å²) in [6.45, 7) is 2.17. The van der Waals surface area contributed by atoms with Gasteiger partial charge in [0.25, 0.3) is 0 Å². The molecule has 1 rings (SSSR count). The van der Waals surface area contributed by atoms with E-state index in [1.54, 1.807) is 6.92 Å². The molecule has 100 valence electrons. The van der Waals surface area contributed by atoms with E-state index >= 15 is 0 Å². The van der Waals surface area contributed by atoms with Gasteiger partial charge in [-0.2, -0.15) is 0 Å². The summed E-state index contributed by atoms with van der Waals surface area (Å²) in [5.74, 6) is 0. The van der Waals surface area contributed by atoms with Crippen molar-refractivity contribution in [3.05, 3.63) is 22.2 Å². The Morgan fingerprint density at radius 2 is 1.83 bits per heavy atom. The monoisotopic (exact) mass is 311 g/mol. The van der Waals surface area contributed by atoms with Gasteiger partial charge in [-0.3, -0.25) is 0 Å². The van der Waals surface area contributed by atoms with E-state index in [1.807, 2.05) is 0 Å². The second-order valence-corrected chi connectivity index (χ2v) is 5.67. The lowest BCUT2D eigenvalue weighted by Crippen LogP contribution is -2.28. The lowest BCUT2D eigenvalue weighted by atomic mass is 10.3. The molecule has 1 aromatic carbocycles. The summed E-state index contributed by atoms with van der Waals surface area (Å²) in [5, 5.41) is 9.81. The first kappa shape index (κ1) is 15.0. The van der Waals surface area contributed by atoms with Gasteiger partial charge in [0.1, 0.15) is 0 Å². The van der Waals surface area contributed by atoms with E-state index in [4.69, 9.17) is 28.3 Å². The van der Waals surface area contributed by atoms with Crippen LogP contribution in [-0.2, 0) is 10.0 Å². The molecule has 0 aromatic heterocycles. The molecule has 6 nitrogen and oxygen atoms in total. The molecule has 0 aliphatic rings. The zero-order chi connectivity index (χ0) is 13.9. The van der Waals surface area contributed by atoms with Crippen LogP contribution in [0.5, 0.6) is 0 Å². The van der Waals surface area contributed by atoms with Crippen LogP contribution in [-0.4, -0.2) is 21.0 Å². The van der Waals surface area contributed by atoms with Crippen molar-refractivity contribution in [2.45, 2.75) is 11.8 Å². The van der Waals surface area contributed by atoms with Crippen LogP contribution >= 0.6 is 23.2 Å². The van der Waals surface area contributed by atoms with Crippen molar-refractivity contribution in [1.82, 2.24) is 5.32 Å². The lowest BCUT2D eigenvalue weighted by molar-refractivity contribution is 0.252. The van der Waals surface area contributed by atoms with Crippen molar-refractivity contribution in [2.75, 3.05) is 11.9 Å². The Kier molecular flexibility index (Phi) is 4.80. The fourth-order valence-electron chi connectivity index (χ4n) is 1.15. The molecule has 0 aliphatic heterocycles. The van der Waals surface area contributed by atoms with Crippen LogP contribution in [0.2, 0.25) is 10.0 Å². The van der Waals surface area contributed by atoms with Crippen LogP contribution in [0.1, 0.15) is 6.92 Å². The maximum absolute atomic E-state index is 11.3. The average molecular weight is 312 g/mol. The van der Waals surface area contributed by atoms with Crippen molar-refractivity contribution < 1.29 is 13.2 Å². The summed E-state index contributed by atoms with van der Waals surface area (Å²) in [4.78, 5) is 11.1. The molecular formula is C9H11Cl2N3O3S. The lowest BCUT2D eigenvalue weighted by Gasteiger charge is -2.11. The van der Waals surface area contributed by atoms with Gasteiger partial charge >= 0.3 is 6.03 Å². The van der Waals surface area contributed by atoms with Crippen molar-refractivity contribution in [1.29, 1.82) is 0 Å². The predicted molar refractivity (Wildman–Crippen MR) is 70.5 cm³/mol. The molecule has 0 saturated heterocycles. The van der Waals surface area contributed by atoms with E-state index in [1.165, 1.54) is 0 Å². The van der Waals surface area contributed by atoms with Gasteiger partial charge in [-0.05, 0) is 19.1 Å². The summed E-state index contributed by atoms with van der Waals surface area (Å²) in [6, 6.07) is 1.74. The van der Waals surface area contributed by atoms with Gasteiger partial charge in [0.05, 0.1) is 20.6 Å². The summed E-state index contributed by atoms with van der Waals surface area (Å²) >= 11 is 11.7. The zero-order valence-electron chi connectivity index (χ0n) is 9.33. The van der Waals surface area contributed by atoms with Gasteiger partial charge in [0.2, 0.25) is 10.0 Å². The number of carbonyl (C=O) groups excluding carboxylic acids is 1. The molecule has 1 aromatic rings. The number of carbonyl (C=O) groups is 1. The average Bonchev–Trinajstić information content (AvgIpc) is 2.22. The van der Waals surface area contributed by atoms with Crippen LogP contribution in [0.4, 0.5) is 10.5 Å². The molecule has 0 radical (unpaired) electrons. The fraction of sp³-hybridized carbons (Fsp3) is 0.222. The van der Waals surface area contributed by atoms with Gasteiger partial charge in [-0.25, -0.2) is 18.4 Å².